The van der Waals surface area contributed by atoms with Crippen molar-refractivity contribution in [2.75, 3.05) is 46.5 Å². The maximum Gasteiger partial charge on any atom is 0.308 e. The second kappa shape index (κ2) is 9.88. The first-order chi connectivity index (χ1) is 11.2. The van der Waals surface area contributed by atoms with Crippen LogP contribution in [0.2, 0.25) is 0 Å². The normalized spacial score (nSPS) is 25.8. The van der Waals surface area contributed by atoms with Crippen LogP contribution in [0, 0.1) is 11.8 Å². The number of unbranched alkanes of at least 4 members (excludes halogenated alkanes) is 1. The Morgan fingerprint density at radius 3 is 2.65 bits per heavy atom. The van der Waals surface area contributed by atoms with E-state index in [0.29, 0.717) is 6.42 Å². The summed E-state index contributed by atoms with van der Waals surface area (Å²) in [4.78, 5) is 26.3. The average Bonchev–Trinajstić information content (AvgIpc) is 2.61. The SMILES string of the molecule is COC(=O)[C@H]1CCC[C@@H](C(=O)NCCCCN2CCOCC2)C1. The number of methoxy groups -OCH3 is 1. The highest BCUT2D eigenvalue weighted by atomic mass is 16.5. The lowest BCUT2D eigenvalue weighted by atomic mass is 9.81. The Morgan fingerprint density at radius 1 is 1.17 bits per heavy atom. The van der Waals surface area contributed by atoms with Crippen LogP contribution in [-0.4, -0.2) is 63.3 Å². The van der Waals surface area contributed by atoms with E-state index in [1.165, 1.54) is 7.11 Å². The number of hydrogen-bond donors (Lipinski definition) is 1. The van der Waals surface area contributed by atoms with Gasteiger partial charge in [0.2, 0.25) is 5.91 Å². The van der Waals surface area contributed by atoms with Crippen molar-refractivity contribution in [2.24, 2.45) is 11.8 Å². The van der Waals surface area contributed by atoms with E-state index in [-0.39, 0.29) is 23.7 Å². The molecule has 6 nitrogen and oxygen atoms in total. The van der Waals surface area contributed by atoms with Gasteiger partial charge in [-0.2, -0.15) is 0 Å². The summed E-state index contributed by atoms with van der Waals surface area (Å²) in [6.45, 7) is 5.50. The number of carbonyl (C=O) groups excluding carboxylic acids is 2. The molecule has 0 aromatic carbocycles. The Morgan fingerprint density at radius 2 is 1.91 bits per heavy atom. The molecule has 132 valence electrons. The molecule has 1 N–H and O–H groups in total. The Kier molecular flexibility index (Phi) is 7.82. The molecule has 0 spiro atoms. The quantitative estimate of drug-likeness (QED) is 0.562. The van der Waals surface area contributed by atoms with Crippen LogP contribution in [-0.2, 0) is 19.1 Å². The lowest BCUT2D eigenvalue weighted by Gasteiger charge is -2.27. The molecule has 0 aromatic rings. The van der Waals surface area contributed by atoms with Crippen molar-refractivity contribution in [1.82, 2.24) is 10.2 Å². The van der Waals surface area contributed by atoms with Gasteiger partial charge in [0.25, 0.3) is 0 Å². The number of hydrogen-bond acceptors (Lipinski definition) is 5. The summed E-state index contributed by atoms with van der Waals surface area (Å²) in [5, 5.41) is 3.03. The minimum Gasteiger partial charge on any atom is -0.469 e. The van der Waals surface area contributed by atoms with E-state index in [2.05, 4.69) is 10.2 Å². The lowest BCUT2D eigenvalue weighted by Crippen LogP contribution is -2.38. The first-order valence-electron chi connectivity index (χ1n) is 8.86. The standard InChI is InChI=1S/C17H30N2O4/c1-22-17(21)15-6-4-5-14(13-15)16(20)18-7-2-3-8-19-9-11-23-12-10-19/h14-15H,2-13H2,1H3,(H,18,20)/t14-,15+/m1/s1. The van der Waals surface area contributed by atoms with Gasteiger partial charge >= 0.3 is 5.97 Å². The fourth-order valence-electron chi connectivity index (χ4n) is 3.45. The van der Waals surface area contributed by atoms with E-state index < -0.39 is 0 Å². The van der Waals surface area contributed by atoms with Gasteiger partial charge in [-0.3, -0.25) is 14.5 Å². The summed E-state index contributed by atoms with van der Waals surface area (Å²) >= 11 is 0. The maximum atomic E-state index is 12.2. The molecule has 1 saturated carbocycles. The number of nitrogens with zero attached hydrogens (tertiary/aromatic N) is 1. The first kappa shape index (κ1) is 18.2. The van der Waals surface area contributed by atoms with Gasteiger partial charge in [-0.1, -0.05) is 6.42 Å². The highest BCUT2D eigenvalue weighted by molar-refractivity contribution is 5.80. The molecule has 1 heterocycles. The van der Waals surface area contributed by atoms with Gasteiger partial charge < -0.3 is 14.8 Å². The van der Waals surface area contributed by atoms with Crippen molar-refractivity contribution in [2.45, 2.75) is 38.5 Å². The van der Waals surface area contributed by atoms with Crippen molar-refractivity contribution in [3.05, 3.63) is 0 Å². The Labute approximate surface area is 138 Å². The molecule has 2 aliphatic rings. The fraction of sp³-hybridized carbons (Fsp3) is 0.882. The van der Waals surface area contributed by atoms with Gasteiger partial charge in [0.15, 0.2) is 0 Å². The van der Waals surface area contributed by atoms with Crippen LogP contribution >= 0.6 is 0 Å². The minimum absolute atomic E-state index is 0.0351. The van der Waals surface area contributed by atoms with E-state index in [9.17, 15) is 9.59 Å². The molecule has 2 fully saturated rings. The molecule has 23 heavy (non-hydrogen) atoms. The Bertz CT molecular complexity index is 383. The van der Waals surface area contributed by atoms with Crippen molar-refractivity contribution in [3.8, 4) is 0 Å². The molecule has 0 aromatic heterocycles. The second-order valence-electron chi connectivity index (χ2n) is 6.54. The third-order valence-corrected chi connectivity index (χ3v) is 4.88. The molecule has 1 saturated heterocycles. The van der Waals surface area contributed by atoms with Crippen molar-refractivity contribution in [1.29, 1.82) is 0 Å². The topological polar surface area (TPSA) is 67.9 Å². The predicted molar refractivity (Wildman–Crippen MR) is 87.0 cm³/mol. The number of amides is 1. The lowest BCUT2D eigenvalue weighted by molar-refractivity contribution is -0.147. The zero-order chi connectivity index (χ0) is 16.5. The predicted octanol–water partition coefficient (Wildman–Crippen LogP) is 1.19. The molecule has 2 rings (SSSR count). The van der Waals surface area contributed by atoms with Gasteiger partial charge in [-0.05, 0) is 38.6 Å². The van der Waals surface area contributed by atoms with E-state index in [0.717, 1.165) is 71.5 Å². The monoisotopic (exact) mass is 326 g/mol. The van der Waals surface area contributed by atoms with Gasteiger partial charge in [0, 0.05) is 25.6 Å². The zero-order valence-electron chi connectivity index (χ0n) is 14.2. The Balaban J connectivity index is 1.57. The largest absolute Gasteiger partial charge is 0.469 e. The van der Waals surface area contributed by atoms with Crippen molar-refractivity contribution < 1.29 is 19.1 Å². The molecule has 0 bridgehead atoms. The molecule has 1 amide bonds. The summed E-state index contributed by atoms with van der Waals surface area (Å²) in [5.41, 5.74) is 0. The van der Waals surface area contributed by atoms with Crippen molar-refractivity contribution in [3.63, 3.8) is 0 Å². The van der Waals surface area contributed by atoms with E-state index in [1.54, 1.807) is 0 Å². The molecule has 0 radical (unpaired) electrons. The molecular weight excluding hydrogens is 296 g/mol. The van der Waals surface area contributed by atoms with Gasteiger partial charge in [0.1, 0.15) is 0 Å². The number of esters is 1. The third kappa shape index (κ3) is 6.11. The summed E-state index contributed by atoms with van der Waals surface area (Å²) in [6, 6.07) is 0. The zero-order valence-corrected chi connectivity index (χ0v) is 14.2. The Hall–Kier alpha value is -1.14. The molecule has 1 aliphatic carbocycles. The fourth-order valence-corrected chi connectivity index (χ4v) is 3.45. The summed E-state index contributed by atoms with van der Waals surface area (Å²) < 4.78 is 10.1. The maximum absolute atomic E-state index is 12.2. The summed E-state index contributed by atoms with van der Waals surface area (Å²) in [5.74, 6) is -0.212. The van der Waals surface area contributed by atoms with Crippen LogP contribution in [0.25, 0.3) is 0 Å². The van der Waals surface area contributed by atoms with Crippen molar-refractivity contribution >= 4 is 11.9 Å². The van der Waals surface area contributed by atoms with Crippen LogP contribution in [0.1, 0.15) is 38.5 Å². The van der Waals surface area contributed by atoms with Crippen LogP contribution in [0.3, 0.4) is 0 Å². The van der Waals surface area contributed by atoms with Gasteiger partial charge in [-0.15, -0.1) is 0 Å². The molecule has 1 aliphatic heterocycles. The van der Waals surface area contributed by atoms with Gasteiger partial charge in [0.05, 0.1) is 26.2 Å². The van der Waals surface area contributed by atoms with E-state index in [4.69, 9.17) is 9.47 Å². The molecular formula is C17H30N2O4. The molecule has 2 atom stereocenters. The number of nitrogens with one attached hydrogen (secondary N) is 1. The minimum atomic E-state index is -0.173. The number of carbonyl (C=O) groups is 2. The highest BCUT2D eigenvalue weighted by Gasteiger charge is 2.31. The number of ether oxygens (including phenoxy) is 2. The molecule has 0 unspecified atom stereocenters. The van der Waals surface area contributed by atoms with Crippen LogP contribution in [0.5, 0.6) is 0 Å². The van der Waals surface area contributed by atoms with E-state index >= 15 is 0 Å². The van der Waals surface area contributed by atoms with Gasteiger partial charge in [-0.25, -0.2) is 0 Å². The first-order valence-corrected chi connectivity index (χ1v) is 8.86. The highest BCUT2D eigenvalue weighted by Crippen LogP contribution is 2.29. The van der Waals surface area contributed by atoms with Crippen LogP contribution in [0.15, 0.2) is 0 Å². The van der Waals surface area contributed by atoms with Crippen LogP contribution < -0.4 is 5.32 Å². The summed E-state index contributed by atoms with van der Waals surface area (Å²) in [7, 11) is 1.42. The smallest absolute Gasteiger partial charge is 0.308 e. The number of morpholine rings is 1. The van der Waals surface area contributed by atoms with Crippen LogP contribution in [0.4, 0.5) is 0 Å². The summed E-state index contributed by atoms with van der Waals surface area (Å²) in [6.07, 6.45) is 5.37. The molecule has 6 heteroatoms. The number of rotatable bonds is 7. The second-order valence-corrected chi connectivity index (χ2v) is 6.54. The third-order valence-electron chi connectivity index (χ3n) is 4.88. The van der Waals surface area contributed by atoms with E-state index in [1.807, 2.05) is 0 Å². The average molecular weight is 326 g/mol.